The molecule has 2 aromatic rings. The zero-order chi connectivity index (χ0) is 18.8. The van der Waals surface area contributed by atoms with Crippen LogP contribution in [-0.2, 0) is 10.2 Å². The van der Waals surface area contributed by atoms with E-state index in [2.05, 4.69) is 10.3 Å². The minimum Gasteiger partial charge on any atom is -0.490 e. The van der Waals surface area contributed by atoms with Crippen LogP contribution >= 0.6 is 23.4 Å². The summed E-state index contributed by atoms with van der Waals surface area (Å²) in [6.45, 7) is 1.91. The smallest absolute Gasteiger partial charge is 0.286 e. The van der Waals surface area contributed by atoms with Gasteiger partial charge in [-0.15, -0.1) is 0 Å². The first-order valence-corrected chi connectivity index (χ1v) is 9.83. The Labute approximate surface area is 164 Å². The standard InChI is InChI=1S/C19H15ClN2O4S/c1-9-4-13(20)17(21-8-9)26-10-2-3-12-14(5-10)25-11-6-19(12,7-11)15-16(23)22-18(24)27-15/h2-5,8,11,15H,6-7H2,1H3,(H,22,23,24). The number of amides is 2. The number of halogens is 1. The number of imide groups is 1. The molecule has 1 N–H and O–H groups in total. The highest BCUT2D eigenvalue weighted by Gasteiger charge is 2.61. The van der Waals surface area contributed by atoms with E-state index in [1.165, 1.54) is 0 Å². The first-order chi connectivity index (χ1) is 12.9. The Morgan fingerprint density at radius 1 is 1.33 bits per heavy atom. The fourth-order valence-corrected chi connectivity index (χ4v) is 5.44. The molecule has 1 saturated heterocycles. The van der Waals surface area contributed by atoms with Gasteiger partial charge in [0, 0.05) is 23.2 Å². The van der Waals surface area contributed by atoms with Gasteiger partial charge in [0.25, 0.3) is 5.24 Å². The molecule has 1 aliphatic carbocycles. The highest BCUT2D eigenvalue weighted by atomic mass is 35.5. The molecule has 2 fully saturated rings. The summed E-state index contributed by atoms with van der Waals surface area (Å²) in [5, 5.41) is 2.14. The van der Waals surface area contributed by atoms with Crippen molar-refractivity contribution in [2.45, 2.75) is 36.5 Å². The van der Waals surface area contributed by atoms with Crippen molar-refractivity contribution >= 4 is 34.5 Å². The van der Waals surface area contributed by atoms with Gasteiger partial charge in [-0.1, -0.05) is 29.4 Å². The van der Waals surface area contributed by atoms with E-state index in [0.717, 1.165) is 35.7 Å². The number of rotatable bonds is 3. The van der Waals surface area contributed by atoms with Crippen LogP contribution in [0.5, 0.6) is 17.4 Å². The van der Waals surface area contributed by atoms with Crippen molar-refractivity contribution in [3.8, 4) is 17.4 Å². The van der Waals surface area contributed by atoms with Gasteiger partial charge in [0.1, 0.15) is 27.9 Å². The number of aromatic nitrogens is 1. The zero-order valence-electron chi connectivity index (χ0n) is 14.3. The molecule has 2 amide bonds. The van der Waals surface area contributed by atoms with Crippen LogP contribution in [0.4, 0.5) is 4.79 Å². The summed E-state index contributed by atoms with van der Waals surface area (Å²) < 4.78 is 11.8. The highest BCUT2D eigenvalue weighted by Crippen LogP contribution is 2.59. The first-order valence-electron chi connectivity index (χ1n) is 8.57. The van der Waals surface area contributed by atoms with Gasteiger partial charge >= 0.3 is 0 Å². The molecule has 8 heteroatoms. The number of benzene rings is 1. The third-order valence-corrected chi connectivity index (χ3v) is 6.80. The van der Waals surface area contributed by atoms with Crippen LogP contribution < -0.4 is 14.8 Å². The molecule has 0 spiro atoms. The first kappa shape index (κ1) is 16.9. The molecule has 1 saturated carbocycles. The molecule has 27 heavy (non-hydrogen) atoms. The summed E-state index contributed by atoms with van der Waals surface area (Å²) in [5.74, 6) is 1.36. The second kappa shape index (κ2) is 5.87. The molecule has 2 bridgehead atoms. The van der Waals surface area contributed by atoms with Crippen molar-refractivity contribution in [3.63, 3.8) is 0 Å². The highest BCUT2D eigenvalue weighted by molar-refractivity contribution is 8.15. The summed E-state index contributed by atoms with van der Waals surface area (Å²) in [6.07, 6.45) is 3.22. The van der Waals surface area contributed by atoms with Crippen molar-refractivity contribution in [3.05, 3.63) is 46.6 Å². The second-order valence-electron chi connectivity index (χ2n) is 7.14. The van der Waals surface area contributed by atoms with E-state index in [4.69, 9.17) is 21.1 Å². The van der Waals surface area contributed by atoms with Crippen LogP contribution in [0.15, 0.2) is 30.5 Å². The molecule has 1 unspecified atom stereocenters. The van der Waals surface area contributed by atoms with Crippen molar-refractivity contribution in [1.82, 2.24) is 10.3 Å². The number of thioether (sulfide) groups is 1. The van der Waals surface area contributed by atoms with Crippen LogP contribution in [0.3, 0.4) is 0 Å². The molecule has 3 aliphatic heterocycles. The molecule has 6 rings (SSSR count). The fraction of sp³-hybridized carbons (Fsp3) is 0.316. The van der Waals surface area contributed by atoms with E-state index >= 15 is 0 Å². The Kier molecular flexibility index (Phi) is 3.67. The molecule has 1 aromatic carbocycles. The maximum Gasteiger partial charge on any atom is 0.286 e. The Bertz CT molecular complexity index is 990. The number of nitrogens with one attached hydrogen (secondary N) is 1. The largest absolute Gasteiger partial charge is 0.490 e. The van der Waals surface area contributed by atoms with Gasteiger partial charge in [-0.25, -0.2) is 4.98 Å². The SMILES string of the molecule is Cc1cnc(Oc2ccc3c(c2)OC2CC3(C3SC(=O)NC3=O)C2)c(Cl)c1. The number of aryl methyl sites for hydroxylation is 1. The van der Waals surface area contributed by atoms with Crippen LogP contribution in [-0.4, -0.2) is 27.5 Å². The van der Waals surface area contributed by atoms with E-state index < -0.39 is 5.25 Å². The predicted molar refractivity (Wildman–Crippen MR) is 101 cm³/mol. The minimum atomic E-state index is -0.413. The van der Waals surface area contributed by atoms with Crippen molar-refractivity contribution in [1.29, 1.82) is 0 Å². The predicted octanol–water partition coefficient (Wildman–Crippen LogP) is 3.98. The minimum absolute atomic E-state index is 0.0536. The number of ether oxygens (including phenoxy) is 2. The Hall–Kier alpha value is -2.25. The van der Waals surface area contributed by atoms with E-state index in [1.807, 2.05) is 19.1 Å². The number of carbonyl (C=O) groups excluding carboxylic acids is 2. The number of carbonyl (C=O) groups is 2. The Balaban J connectivity index is 1.47. The van der Waals surface area contributed by atoms with Crippen molar-refractivity contribution < 1.29 is 19.1 Å². The summed E-state index contributed by atoms with van der Waals surface area (Å²) in [4.78, 5) is 28.1. The lowest BCUT2D eigenvalue weighted by atomic mass is 9.58. The molecular formula is C19H15ClN2O4S. The number of hydrogen-bond acceptors (Lipinski definition) is 6. The monoisotopic (exact) mass is 402 g/mol. The van der Waals surface area contributed by atoms with Gasteiger partial charge in [0.15, 0.2) is 0 Å². The average molecular weight is 403 g/mol. The van der Waals surface area contributed by atoms with Gasteiger partial charge in [-0.05, 0) is 37.5 Å². The number of pyridine rings is 1. The van der Waals surface area contributed by atoms with Gasteiger partial charge in [-0.2, -0.15) is 0 Å². The third kappa shape index (κ3) is 2.60. The molecular weight excluding hydrogens is 388 g/mol. The van der Waals surface area contributed by atoms with E-state index in [-0.39, 0.29) is 22.7 Å². The van der Waals surface area contributed by atoms with Crippen molar-refractivity contribution in [2.75, 3.05) is 0 Å². The van der Waals surface area contributed by atoms with Crippen LogP contribution in [0.25, 0.3) is 0 Å². The molecule has 4 heterocycles. The molecule has 4 aliphatic rings. The Morgan fingerprint density at radius 2 is 2.15 bits per heavy atom. The summed E-state index contributed by atoms with van der Waals surface area (Å²) in [7, 11) is 0. The molecule has 6 nitrogen and oxygen atoms in total. The maximum absolute atomic E-state index is 12.3. The lowest BCUT2D eigenvalue weighted by Crippen LogP contribution is -2.58. The normalized spacial score (nSPS) is 28.1. The quantitative estimate of drug-likeness (QED) is 0.836. The molecule has 1 atom stereocenters. The van der Waals surface area contributed by atoms with E-state index in [1.54, 1.807) is 18.3 Å². The maximum atomic E-state index is 12.3. The number of hydrogen-bond donors (Lipinski definition) is 1. The second-order valence-corrected chi connectivity index (χ2v) is 8.62. The van der Waals surface area contributed by atoms with Crippen LogP contribution in [0.1, 0.15) is 24.0 Å². The van der Waals surface area contributed by atoms with Crippen LogP contribution in [0, 0.1) is 6.92 Å². The van der Waals surface area contributed by atoms with Gasteiger partial charge in [-0.3, -0.25) is 14.9 Å². The van der Waals surface area contributed by atoms with Gasteiger partial charge in [0.2, 0.25) is 11.8 Å². The summed E-state index contributed by atoms with van der Waals surface area (Å²) >= 11 is 7.27. The summed E-state index contributed by atoms with van der Waals surface area (Å²) in [5.41, 5.74) is 1.53. The van der Waals surface area contributed by atoms with Crippen molar-refractivity contribution in [2.24, 2.45) is 0 Å². The Morgan fingerprint density at radius 3 is 2.85 bits per heavy atom. The van der Waals surface area contributed by atoms with Crippen LogP contribution in [0.2, 0.25) is 5.02 Å². The topological polar surface area (TPSA) is 77.5 Å². The lowest BCUT2D eigenvalue weighted by molar-refractivity contribution is -0.122. The molecule has 138 valence electrons. The number of nitrogens with zero attached hydrogens (tertiary/aromatic N) is 1. The molecule has 1 aromatic heterocycles. The summed E-state index contributed by atoms with van der Waals surface area (Å²) in [6, 6.07) is 7.32. The van der Waals surface area contributed by atoms with Gasteiger partial charge in [0.05, 0.1) is 0 Å². The molecule has 0 radical (unpaired) electrons. The average Bonchev–Trinajstić information content (AvgIpc) is 2.94. The zero-order valence-corrected chi connectivity index (χ0v) is 15.9. The van der Waals surface area contributed by atoms with E-state index in [0.29, 0.717) is 22.4 Å². The lowest BCUT2D eigenvalue weighted by Gasteiger charge is -2.54. The van der Waals surface area contributed by atoms with Gasteiger partial charge < -0.3 is 9.47 Å². The van der Waals surface area contributed by atoms with E-state index in [9.17, 15) is 9.59 Å². The third-order valence-electron chi connectivity index (χ3n) is 5.32. The fourth-order valence-electron chi connectivity index (χ4n) is 4.09.